The standard InChI is InChI=1S/C19H20FNO2/c1-23-19(22)15-9-7-14(8-10-15)13-21-11-3-6-18(21)16-4-2-5-17(20)12-16/h2,4-5,7-10,12,18H,3,6,11,13H2,1H3. The largest absolute Gasteiger partial charge is 0.465 e. The van der Waals surface area contributed by atoms with E-state index in [9.17, 15) is 9.18 Å². The van der Waals surface area contributed by atoms with Crippen LogP contribution in [0.15, 0.2) is 48.5 Å². The lowest BCUT2D eigenvalue weighted by Crippen LogP contribution is -2.22. The molecule has 1 unspecified atom stereocenters. The molecule has 3 nitrogen and oxygen atoms in total. The highest BCUT2D eigenvalue weighted by molar-refractivity contribution is 5.89. The zero-order chi connectivity index (χ0) is 16.2. The van der Waals surface area contributed by atoms with Crippen LogP contribution in [0, 0.1) is 5.82 Å². The number of halogens is 1. The van der Waals surface area contributed by atoms with Gasteiger partial charge in [0.15, 0.2) is 0 Å². The van der Waals surface area contributed by atoms with E-state index in [1.165, 1.54) is 13.2 Å². The van der Waals surface area contributed by atoms with Gasteiger partial charge in [-0.2, -0.15) is 0 Å². The van der Waals surface area contributed by atoms with Gasteiger partial charge in [0.2, 0.25) is 0 Å². The fourth-order valence-electron chi connectivity index (χ4n) is 3.21. The summed E-state index contributed by atoms with van der Waals surface area (Å²) < 4.78 is 18.2. The van der Waals surface area contributed by atoms with E-state index in [1.807, 2.05) is 18.2 Å². The van der Waals surface area contributed by atoms with Crippen molar-refractivity contribution in [2.45, 2.75) is 25.4 Å². The summed E-state index contributed by atoms with van der Waals surface area (Å²) in [5.74, 6) is -0.507. The van der Waals surface area contributed by atoms with Gasteiger partial charge >= 0.3 is 5.97 Å². The van der Waals surface area contributed by atoms with Crippen LogP contribution in [-0.2, 0) is 11.3 Å². The molecule has 0 amide bonds. The molecule has 2 aromatic rings. The van der Waals surface area contributed by atoms with Gasteiger partial charge in [-0.3, -0.25) is 4.90 Å². The third-order valence-electron chi connectivity index (χ3n) is 4.36. The Kier molecular flexibility index (Phi) is 4.72. The molecule has 3 rings (SSSR count). The molecule has 0 saturated carbocycles. The van der Waals surface area contributed by atoms with Gasteiger partial charge in [0.25, 0.3) is 0 Å². The maximum absolute atomic E-state index is 13.5. The number of carbonyl (C=O) groups excluding carboxylic acids is 1. The zero-order valence-corrected chi connectivity index (χ0v) is 13.2. The molecule has 4 heteroatoms. The van der Waals surface area contributed by atoms with Gasteiger partial charge in [0.05, 0.1) is 12.7 Å². The smallest absolute Gasteiger partial charge is 0.337 e. The molecule has 1 saturated heterocycles. The van der Waals surface area contributed by atoms with Gasteiger partial charge in [-0.15, -0.1) is 0 Å². The van der Waals surface area contributed by atoms with Gasteiger partial charge < -0.3 is 4.74 Å². The Bertz CT molecular complexity index is 684. The van der Waals surface area contributed by atoms with Gasteiger partial charge in [0.1, 0.15) is 5.82 Å². The van der Waals surface area contributed by atoms with Gasteiger partial charge in [-0.05, 0) is 54.8 Å². The van der Waals surface area contributed by atoms with E-state index < -0.39 is 0 Å². The van der Waals surface area contributed by atoms with E-state index in [1.54, 1.807) is 24.3 Å². The van der Waals surface area contributed by atoms with Crippen molar-refractivity contribution in [3.63, 3.8) is 0 Å². The van der Waals surface area contributed by atoms with Crippen LogP contribution in [0.25, 0.3) is 0 Å². The molecule has 120 valence electrons. The summed E-state index contributed by atoms with van der Waals surface area (Å²) in [7, 11) is 1.38. The van der Waals surface area contributed by atoms with Crippen LogP contribution in [0.2, 0.25) is 0 Å². The summed E-state index contributed by atoms with van der Waals surface area (Å²) in [5.41, 5.74) is 2.73. The number of ether oxygens (including phenoxy) is 1. The molecule has 2 aromatic carbocycles. The Hall–Kier alpha value is -2.20. The second kappa shape index (κ2) is 6.92. The molecule has 0 N–H and O–H groups in total. The van der Waals surface area contributed by atoms with Crippen molar-refractivity contribution in [2.24, 2.45) is 0 Å². The van der Waals surface area contributed by atoms with Crippen LogP contribution < -0.4 is 0 Å². The van der Waals surface area contributed by atoms with Crippen LogP contribution >= 0.6 is 0 Å². The van der Waals surface area contributed by atoms with Crippen LogP contribution in [0.1, 0.15) is 40.4 Å². The summed E-state index contributed by atoms with van der Waals surface area (Å²) >= 11 is 0. The minimum atomic E-state index is -0.324. The average Bonchev–Trinajstić information content (AvgIpc) is 3.03. The number of esters is 1. The molecule has 0 aromatic heterocycles. The topological polar surface area (TPSA) is 29.5 Å². The van der Waals surface area contributed by atoms with Crippen LogP contribution in [0.4, 0.5) is 4.39 Å². The molecule has 1 heterocycles. The molecule has 0 bridgehead atoms. The number of benzene rings is 2. The highest BCUT2D eigenvalue weighted by atomic mass is 19.1. The number of rotatable bonds is 4. The Morgan fingerprint density at radius 3 is 2.74 bits per heavy atom. The van der Waals surface area contributed by atoms with E-state index in [2.05, 4.69) is 4.90 Å². The third-order valence-corrected chi connectivity index (χ3v) is 4.36. The molecule has 0 aliphatic carbocycles. The van der Waals surface area contributed by atoms with Crippen molar-refractivity contribution in [1.82, 2.24) is 4.90 Å². The lowest BCUT2D eigenvalue weighted by molar-refractivity contribution is 0.0600. The normalized spacial score (nSPS) is 18.1. The summed E-state index contributed by atoms with van der Waals surface area (Å²) in [6.07, 6.45) is 2.16. The fourth-order valence-corrected chi connectivity index (χ4v) is 3.21. The first-order chi connectivity index (χ1) is 11.2. The van der Waals surface area contributed by atoms with E-state index in [0.717, 1.165) is 37.1 Å². The molecule has 1 atom stereocenters. The Morgan fingerprint density at radius 1 is 1.26 bits per heavy atom. The zero-order valence-electron chi connectivity index (χ0n) is 13.2. The minimum Gasteiger partial charge on any atom is -0.465 e. The number of carbonyl (C=O) groups is 1. The second-order valence-corrected chi connectivity index (χ2v) is 5.87. The minimum absolute atomic E-state index is 0.184. The molecule has 1 fully saturated rings. The number of nitrogens with zero attached hydrogens (tertiary/aromatic N) is 1. The van der Waals surface area contributed by atoms with Crippen molar-refractivity contribution in [2.75, 3.05) is 13.7 Å². The predicted molar refractivity (Wildman–Crippen MR) is 86.6 cm³/mol. The monoisotopic (exact) mass is 313 g/mol. The van der Waals surface area contributed by atoms with Crippen molar-refractivity contribution in [3.05, 3.63) is 71.0 Å². The number of hydrogen-bond acceptors (Lipinski definition) is 3. The van der Waals surface area contributed by atoms with Crippen molar-refractivity contribution in [3.8, 4) is 0 Å². The third kappa shape index (κ3) is 3.59. The molecule has 0 radical (unpaired) electrons. The average molecular weight is 313 g/mol. The lowest BCUT2D eigenvalue weighted by atomic mass is 10.0. The van der Waals surface area contributed by atoms with E-state index >= 15 is 0 Å². The first-order valence-electron chi connectivity index (χ1n) is 7.84. The predicted octanol–water partition coefficient (Wildman–Crippen LogP) is 3.95. The first-order valence-corrected chi connectivity index (χ1v) is 7.84. The SMILES string of the molecule is COC(=O)c1ccc(CN2CCCC2c2cccc(F)c2)cc1. The summed E-state index contributed by atoms with van der Waals surface area (Å²) in [6.45, 7) is 1.79. The Labute approximate surface area is 135 Å². The first kappa shape index (κ1) is 15.7. The number of likely N-dealkylation sites (tertiary alicyclic amines) is 1. The van der Waals surface area contributed by atoms with E-state index in [0.29, 0.717) is 5.56 Å². The van der Waals surface area contributed by atoms with Gasteiger partial charge in [-0.1, -0.05) is 24.3 Å². The molecule has 1 aliphatic heterocycles. The van der Waals surface area contributed by atoms with Gasteiger partial charge in [0, 0.05) is 12.6 Å². The van der Waals surface area contributed by atoms with Crippen LogP contribution in [0.3, 0.4) is 0 Å². The van der Waals surface area contributed by atoms with Crippen molar-refractivity contribution < 1.29 is 13.9 Å². The van der Waals surface area contributed by atoms with Crippen molar-refractivity contribution >= 4 is 5.97 Å². The Morgan fingerprint density at radius 2 is 2.04 bits per heavy atom. The van der Waals surface area contributed by atoms with E-state index in [-0.39, 0.29) is 17.8 Å². The summed E-state index contributed by atoms with van der Waals surface area (Å²) in [5, 5.41) is 0. The number of methoxy groups -OCH3 is 1. The maximum atomic E-state index is 13.5. The van der Waals surface area contributed by atoms with E-state index in [4.69, 9.17) is 4.74 Å². The molecular weight excluding hydrogens is 293 g/mol. The maximum Gasteiger partial charge on any atom is 0.337 e. The molecule has 23 heavy (non-hydrogen) atoms. The van der Waals surface area contributed by atoms with Crippen LogP contribution in [-0.4, -0.2) is 24.5 Å². The Balaban J connectivity index is 1.72. The van der Waals surface area contributed by atoms with Crippen LogP contribution in [0.5, 0.6) is 0 Å². The highest BCUT2D eigenvalue weighted by Crippen LogP contribution is 2.33. The molecule has 1 aliphatic rings. The molecule has 0 spiro atoms. The molecular formula is C19H20FNO2. The summed E-state index contributed by atoms with van der Waals surface area (Å²) in [4.78, 5) is 13.8. The number of hydrogen-bond donors (Lipinski definition) is 0. The second-order valence-electron chi connectivity index (χ2n) is 5.87. The highest BCUT2D eigenvalue weighted by Gasteiger charge is 2.26. The summed E-state index contributed by atoms with van der Waals surface area (Å²) in [6, 6.07) is 14.6. The quantitative estimate of drug-likeness (QED) is 0.801. The van der Waals surface area contributed by atoms with Crippen molar-refractivity contribution in [1.29, 1.82) is 0 Å². The fraction of sp³-hybridized carbons (Fsp3) is 0.316. The lowest BCUT2D eigenvalue weighted by Gasteiger charge is -2.25. The van der Waals surface area contributed by atoms with Gasteiger partial charge in [-0.25, -0.2) is 9.18 Å².